The number of halogens is 3. The average Bonchev–Trinajstić information content (AvgIpc) is 2.93. The second kappa shape index (κ2) is 7.40. The Labute approximate surface area is 187 Å². The first kappa shape index (κ1) is 22.4. The fraction of sp³-hybridized carbons (Fsp3) is 0.350. The molecule has 1 unspecified atom stereocenters. The Balaban J connectivity index is 1.79. The summed E-state index contributed by atoms with van der Waals surface area (Å²) in [5.74, 6) is 0. The molecule has 168 valence electrons. The Morgan fingerprint density at radius 3 is 2.34 bits per heavy atom. The molecule has 0 bridgehead atoms. The molecule has 1 aliphatic heterocycles. The number of hydrogen-bond donors (Lipinski definition) is 1. The van der Waals surface area contributed by atoms with E-state index in [-0.39, 0.29) is 15.7 Å². The van der Waals surface area contributed by atoms with Gasteiger partial charge in [0.05, 0.1) is 27.9 Å². The van der Waals surface area contributed by atoms with Crippen molar-refractivity contribution in [2.75, 3.05) is 16.1 Å². The largest absolute Gasteiger partial charge is 0.419 e. The highest BCUT2D eigenvalue weighted by atomic mass is 32.2. The number of sulfone groups is 1. The molecular weight excluding hydrogens is 465 g/mol. The summed E-state index contributed by atoms with van der Waals surface area (Å²) in [4.78, 5) is 6.59. The van der Waals surface area contributed by atoms with Gasteiger partial charge in [-0.15, -0.1) is 0 Å². The number of thiocarbonyl (C=S) groups is 1. The summed E-state index contributed by atoms with van der Waals surface area (Å²) in [5.41, 5.74) is -2.43. The molecule has 32 heavy (non-hydrogen) atoms. The van der Waals surface area contributed by atoms with Gasteiger partial charge in [-0.2, -0.15) is 18.4 Å². The monoisotopic (exact) mass is 482 g/mol. The highest BCUT2D eigenvalue weighted by Crippen LogP contribution is 2.50. The van der Waals surface area contributed by atoms with Gasteiger partial charge in [-0.1, -0.05) is 0 Å². The number of nitriles is 1. The summed E-state index contributed by atoms with van der Waals surface area (Å²) in [5, 5.41) is 20.2. The van der Waals surface area contributed by atoms with Crippen LogP contribution >= 0.6 is 12.2 Å². The smallest absolute Gasteiger partial charge is 0.371 e. The molecule has 2 heterocycles. The molecule has 1 saturated carbocycles. The molecule has 2 aliphatic rings. The Hall–Kier alpha value is -2.75. The summed E-state index contributed by atoms with van der Waals surface area (Å²) in [6, 6.07) is 8.12. The summed E-state index contributed by atoms with van der Waals surface area (Å²) < 4.78 is 63.9. The first-order valence-corrected chi connectivity index (χ1v) is 11.8. The summed E-state index contributed by atoms with van der Waals surface area (Å²) in [6.07, 6.45) is -2.05. The number of benzene rings is 1. The van der Waals surface area contributed by atoms with Crippen LogP contribution in [-0.2, 0) is 16.0 Å². The van der Waals surface area contributed by atoms with E-state index >= 15 is 0 Å². The summed E-state index contributed by atoms with van der Waals surface area (Å²) in [7, 11) is -3.42. The zero-order chi connectivity index (χ0) is 23.5. The fourth-order valence-electron chi connectivity index (χ4n) is 4.13. The minimum absolute atomic E-state index is 0.0592. The van der Waals surface area contributed by atoms with Crippen molar-refractivity contribution in [3.63, 3.8) is 0 Å². The molecule has 1 atom stereocenters. The van der Waals surface area contributed by atoms with Crippen LogP contribution in [0.2, 0.25) is 0 Å². The minimum Gasteiger partial charge on any atom is -0.371 e. The minimum atomic E-state index is -4.81. The van der Waals surface area contributed by atoms with Crippen LogP contribution in [0, 0.1) is 11.3 Å². The van der Waals surface area contributed by atoms with Gasteiger partial charge in [-0.3, -0.25) is 4.90 Å². The van der Waals surface area contributed by atoms with E-state index < -0.39 is 39.0 Å². The normalized spacial score (nSPS) is 20.4. The van der Waals surface area contributed by atoms with Crippen LogP contribution < -0.4 is 9.80 Å². The maximum Gasteiger partial charge on any atom is 0.419 e. The van der Waals surface area contributed by atoms with E-state index in [0.717, 1.165) is 24.9 Å². The third-order valence-electron chi connectivity index (χ3n) is 5.87. The Kier molecular flexibility index (Phi) is 5.19. The lowest BCUT2D eigenvalue weighted by Gasteiger charge is -2.46. The standard InChI is InChI=1S/C20H17F3N4O3S2/c1-32(29,30)14-5-3-12(4-6-14)27-18(31)26(17(28)19(27)7-2-8-19)13-9-15(20(21,22)23)16(10-24)25-11-13/h3-6,9,11,17,28H,2,7-8H2,1H3. The lowest BCUT2D eigenvalue weighted by molar-refractivity contribution is -0.138. The van der Waals surface area contributed by atoms with Crippen LogP contribution in [0.25, 0.3) is 0 Å². The molecular formula is C20H17F3N4O3S2. The van der Waals surface area contributed by atoms with Crippen molar-refractivity contribution in [3.05, 3.63) is 47.8 Å². The van der Waals surface area contributed by atoms with Gasteiger partial charge in [0, 0.05) is 11.9 Å². The number of hydrogen-bond acceptors (Lipinski definition) is 6. The molecule has 2 fully saturated rings. The Morgan fingerprint density at radius 2 is 1.88 bits per heavy atom. The highest BCUT2D eigenvalue weighted by molar-refractivity contribution is 7.90. The van der Waals surface area contributed by atoms with E-state index in [9.17, 15) is 26.7 Å². The topological polar surface area (TPSA) is 97.5 Å². The number of alkyl halides is 3. The van der Waals surface area contributed by atoms with Crippen molar-refractivity contribution < 1.29 is 26.7 Å². The number of aliphatic hydroxyl groups excluding tert-OH is 1. The molecule has 4 rings (SSSR count). The number of nitrogens with zero attached hydrogens (tertiary/aromatic N) is 4. The molecule has 1 spiro atoms. The van der Waals surface area contributed by atoms with Crippen LogP contribution in [0.1, 0.15) is 30.5 Å². The van der Waals surface area contributed by atoms with Crippen molar-refractivity contribution in [1.29, 1.82) is 5.26 Å². The lowest BCUT2D eigenvalue weighted by Crippen LogP contribution is -2.57. The predicted octanol–water partition coefficient (Wildman–Crippen LogP) is 3.23. The fourth-order valence-corrected chi connectivity index (χ4v) is 5.25. The number of aliphatic hydroxyl groups is 1. The van der Waals surface area contributed by atoms with E-state index in [2.05, 4.69) is 4.98 Å². The van der Waals surface area contributed by atoms with Gasteiger partial charge >= 0.3 is 6.18 Å². The Morgan fingerprint density at radius 1 is 1.25 bits per heavy atom. The second-order valence-electron chi connectivity index (χ2n) is 7.78. The maximum absolute atomic E-state index is 13.4. The average molecular weight is 483 g/mol. The number of rotatable bonds is 3. The van der Waals surface area contributed by atoms with Gasteiger partial charge in [0.2, 0.25) is 0 Å². The van der Waals surface area contributed by atoms with Crippen molar-refractivity contribution in [3.8, 4) is 6.07 Å². The van der Waals surface area contributed by atoms with Crippen LogP contribution in [0.15, 0.2) is 41.4 Å². The van der Waals surface area contributed by atoms with Gasteiger partial charge in [0.25, 0.3) is 0 Å². The quantitative estimate of drug-likeness (QED) is 0.666. The van der Waals surface area contributed by atoms with Crippen LogP contribution in [0.4, 0.5) is 24.5 Å². The highest BCUT2D eigenvalue weighted by Gasteiger charge is 2.59. The van der Waals surface area contributed by atoms with Crippen molar-refractivity contribution in [2.24, 2.45) is 0 Å². The SMILES string of the molecule is CS(=O)(=O)c1ccc(N2C(=S)N(c3cnc(C#N)c(C(F)(F)F)c3)C(O)C23CCC3)cc1. The van der Waals surface area contributed by atoms with Gasteiger partial charge in [0.1, 0.15) is 6.07 Å². The molecule has 1 aliphatic carbocycles. The Bertz CT molecular complexity index is 1240. The second-order valence-corrected chi connectivity index (χ2v) is 10.2. The molecule has 1 aromatic heterocycles. The van der Waals surface area contributed by atoms with E-state index in [1.54, 1.807) is 17.0 Å². The molecule has 1 saturated heterocycles. The molecule has 1 N–H and O–H groups in total. The van der Waals surface area contributed by atoms with Crippen LogP contribution in [0.5, 0.6) is 0 Å². The van der Waals surface area contributed by atoms with E-state index in [4.69, 9.17) is 17.5 Å². The molecule has 0 radical (unpaired) electrons. The lowest BCUT2D eigenvalue weighted by atomic mass is 9.74. The van der Waals surface area contributed by atoms with Crippen molar-refractivity contribution in [1.82, 2.24) is 4.98 Å². The molecule has 0 amide bonds. The van der Waals surface area contributed by atoms with Crippen molar-refractivity contribution >= 4 is 38.5 Å². The zero-order valence-electron chi connectivity index (χ0n) is 16.7. The van der Waals surface area contributed by atoms with Crippen LogP contribution in [-0.4, -0.2) is 41.6 Å². The predicted molar refractivity (Wildman–Crippen MR) is 114 cm³/mol. The number of pyridine rings is 1. The number of aromatic nitrogens is 1. The third kappa shape index (κ3) is 3.41. The molecule has 2 aromatic rings. The summed E-state index contributed by atoms with van der Waals surface area (Å²) >= 11 is 5.56. The zero-order valence-corrected chi connectivity index (χ0v) is 18.3. The molecule has 12 heteroatoms. The van der Waals surface area contributed by atoms with E-state index in [1.165, 1.54) is 23.1 Å². The molecule has 1 aromatic carbocycles. The van der Waals surface area contributed by atoms with Gasteiger partial charge < -0.3 is 10.0 Å². The van der Waals surface area contributed by atoms with Crippen molar-refractivity contribution in [2.45, 2.75) is 42.1 Å². The first-order chi connectivity index (χ1) is 14.9. The van der Waals surface area contributed by atoms with Gasteiger partial charge in [0.15, 0.2) is 26.9 Å². The van der Waals surface area contributed by atoms with E-state index in [1.807, 2.05) is 0 Å². The first-order valence-electron chi connectivity index (χ1n) is 9.49. The maximum atomic E-state index is 13.4. The molecule has 7 nitrogen and oxygen atoms in total. The van der Waals surface area contributed by atoms with E-state index in [0.29, 0.717) is 18.5 Å². The summed E-state index contributed by atoms with van der Waals surface area (Å²) in [6.45, 7) is 0. The van der Waals surface area contributed by atoms with Gasteiger partial charge in [-0.25, -0.2) is 13.4 Å². The number of anilines is 2. The third-order valence-corrected chi connectivity index (χ3v) is 7.38. The van der Waals surface area contributed by atoms with Gasteiger partial charge in [-0.05, 0) is 61.8 Å². The van der Waals surface area contributed by atoms with Crippen LogP contribution in [0.3, 0.4) is 0 Å².